The Morgan fingerprint density at radius 3 is 2.48 bits per heavy atom. The summed E-state index contributed by atoms with van der Waals surface area (Å²) in [4.78, 5) is 0. The SMILES string of the molecule is C/C=C(/C)C1CCC2C3CCC4CC(C)CCC4C3CCC12C. The fraction of sp³-hybridized carbons (Fsp3) is 0.913. The Kier molecular flexibility index (Phi) is 4.18. The highest BCUT2D eigenvalue weighted by molar-refractivity contribution is 5.15. The summed E-state index contributed by atoms with van der Waals surface area (Å²) in [5.74, 6) is 7.33. The zero-order valence-electron chi connectivity index (χ0n) is 16.0. The Labute approximate surface area is 144 Å². The van der Waals surface area contributed by atoms with Crippen LogP contribution in [0.4, 0.5) is 0 Å². The van der Waals surface area contributed by atoms with Gasteiger partial charge in [-0.2, -0.15) is 0 Å². The fourth-order valence-corrected chi connectivity index (χ4v) is 8.04. The molecule has 0 aromatic heterocycles. The lowest BCUT2D eigenvalue weighted by atomic mass is 9.49. The van der Waals surface area contributed by atoms with Crippen LogP contribution in [-0.4, -0.2) is 0 Å². The Hall–Kier alpha value is -0.260. The highest BCUT2D eigenvalue weighted by Gasteiger charge is 2.56. The van der Waals surface area contributed by atoms with Gasteiger partial charge in [-0.3, -0.25) is 0 Å². The van der Waals surface area contributed by atoms with Crippen LogP contribution in [0.15, 0.2) is 11.6 Å². The number of hydrogen-bond acceptors (Lipinski definition) is 0. The average Bonchev–Trinajstić information content (AvgIpc) is 2.90. The number of allylic oxidation sites excluding steroid dienone is 2. The Bertz CT molecular complexity index is 474. The summed E-state index contributed by atoms with van der Waals surface area (Å²) >= 11 is 0. The maximum absolute atomic E-state index is 2.67. The van der Waals surface area contributed by atoms with E-state index in [0.29, 0.717) is 5.41 Å². The predicted molar refractivity (Wildman–Crippen MR) is 99.2 cm³/mol. The van der Waals surface area contributed by atoms with Crippen LogP contribution in [0.25, 0.3) is 0 Å². The third kappa shape index (κ3) is 2.46. The van der Waals surface area contributed by atoms with Crippen molar-refractivity contribution in [3.8, 4) is 0 Å². The van der Waals surface area contributed by atoms with Gasteiger partial charge < -0.3 is 0 Å². The number of hydrogen-bond donors (Lipinski definition) is 0. The van der Waals surface area contributed by atoms with Crippen molar-refractivity contribution < 1.29 is 0 Å². The molecule has 0 amide bonds. The number of rotatable bonds is 1. The van der Waals surface area contributed by atoms with Crippen LogP contribution in [0.2, 0.25) is 0 Å². The molecule has 0 heterocycles. The molecule has 4 fully saturated rings. The topological polar surface area (TPSA) is 0 Å². The molecular weight excluding hydrogens is 276 g/mol. The van der Waals surface area contributed by atoms with Gasteiger partial charge in [-0.05, 0) is 112 Å². The molecule has 0 aliphatic heterocycles. The summed E-state index contributed by atoms with van der Waals surface area (Å²) in [5.41, 5.74) is 2.32. The average molecular weight is 315 g/mol. The van der Waals surface area contributed by atoms with E-state index < -0.39 is 0 Å². The summed E-state index contributed by atoms with van der Waals surface area (Å²) in [7, 11) is 0. The van der Waals surface area contributed by atoms with Crippen LogP contribution in [0.5, 0.6) is 0 Å². The zero-order chi connectivity index (χ0) is 16.2. The monoisotopic (exact) mass is 314 g/mol. The van der Waals surface area contributed by atoms with Crippen molar-refractivity contribution in [1.29, 1.82) is 0 Å². The molecule has 8 unspecified atom stereocenters. The van der Waals surface area contributed by atoms with Crippen molar-refractivity contribution in [3.63, 3.8) is 0 Å². The minimum atomic E-state index is 0.632. The number of fused-ring (bicyclic) bond motifs is 5. The van der Waals surface area contributed by atoms with Gasteiger partial charge in [-0.15, -0.1) is 0 Å². The highest BCUT2D eigenvalue weighted by atomic mass is 14.6. The molecule has 4 aliphatic rings. The lowest BCUT2D eigenvalue weighted by molar-refractivity contribution is -0.0633. The molecule has 0 aromatic rings. The van der Waals surface area contributed by atoms with Gasteiger partial charge in [0.05, 0.1) is 0 Å². The second kappa shape index (κ2) is 5.92. The molecule has 130 valence electrons. The van der Waals surface area contributed by atoms with E-state index in [0.717, 1.165) is 41.4 Å². The van der Waals surface area contributed by atoms with Gasteiger partial charge in [-0.1, -0.05) is 31.9 Å². The van der Waals surface area contributed by atoms with E-state index in [1.807, 2.05) is 0 Å². The smallest absolute Gasteiger partial charge is 0.0149 e. The standard InChI is InChI=1S/C23H38/c1-5-16(3)21-10-11-22-20-9-7-17-14-15(2)6-8-18(17)19(20)12-13-23(21,22)4/h5,15,17-22H,6-14H2,1-4H3/b16-5-. The Morgan fingerprint density at radius 1 is 0.913 bits per heavy atom. The highest BCUT2D eigenvalue weighted by Crippen LogP contribution is 2.65. The van der Waals surface area contributed by atoms with Crippen molar-refractivity contribution in [3.05, 3.63) is 11.6 Å². The van der Waals surface area contributed by atoms with Crippen molar-refractivity contribution in [2.45, 2.75) is 85.5 Å². The minimum absolute atomic E-state index is 0.632. The minimum Gasteiger partial charge on any atom is -0.0884 e. The first-order chi connectivity index (χ1) is 11.0. The lowest BCUT2D eigenvalue weighted by Gasteiger charge is -2.56. The molecular formula is C23H38. The first-order valence-electron chi connectivity index (χ1n) is 10.7. The summed E-state index contributed by atoms with van der Waals surface area (Å²) < 4.78 is 0. The van der Waals surface area contributed by atoms with Gasteiger partial charge in [-0.25, -0.2) is 0 Å². The quantitative estimate of drug-likeness (QED) is 0.464. The first kappa shape index (κ1) is 16.2. The Morgan fingerprint density at radius 2 is 1.70 bits per heavy atom. The van der Waals surface area contributed by atoms with Crippen LogP contribution >= 0.6 is 0 Å². The van der Waals surface area contributed by atoms with Crippen LogP contribution in [0.3, 0.4) is 0 Å². The first-order valence-corrected chi connectivity index (χ1v) is 10.7. The van der Waals surface area contributed by atoms with Gasteiger partial charge >= 0.3 is 0 Å². The van der Waals surface area contributed by atoms with E-state index in [1.54, 1.807) is 37.7 Å². The van der Waals surface area contributed by atoms with Gasteiger partial charge in [0.2, 0.25) is 0 Å². The van der Waals surface area contributed by atoms with Crippen LogP contribution in [0, 0.1) is 46.8 Å². The fourth-order valence-electron chi connectivity index (χ4n) is 8.04. The van der Waals surface area contributed by atoms with Crippen molar-refractivity contribution in [2.24, 2.45) is 46.8 Å². The van der Waals surface area contributed by atoms with E-state index in [9.17, 15) is 0 Å². The van der Waals surface area contributed by atoms with E-state index in [-0.39, 0.29) is 0 Å². The predicted octanol–water partition coefficient (Wildman–Crippen LogP) is 6.86. The molecule has 0 bridgehead atoms. The molecule has 0 aromatic carbocycles. The molecule has 0 spiro atoms. The summed E-state index contributed by atoms with van der Waals surface area (Å²) in [5, 5.41) is 0. The molecule has 0 radical (unpaired) electrons. The molecule has 0 heteroatoms. The van der Waals surface area contributed by atoms with Crippen molar-refractivity contribution >= 4 is 0 Å². The second-order valence-corrected chi connectivity index (χ2v) is 10.1. The largest absolute Gasteiger partial charge is 0.0884 e. The zero-order valence-corrected chi connectivity index (χ0v) is 16.0. The summed E-state index contributed by atoms with van der Waals surface area (Å²) in [6, 6.07) is 0. The lowest BCUT2D eigenvalue weighted by Crippen LogP contribution is -2.48. The van der Waals surface area contributed by atoms with Gasteiger partial charge in [0.25, 0.3) is 0 Å². The molecule has 0 N–H and O–H groups in total. The molecule has 0 nitrogen and oxygen atoms in total. The molecule has 0 saturated heterocycles. The van der Waals surface area contributed by atoms with E-state index in [1.165, 1.54) is 25.7 Å². The van der Waals surface area contributed by atoms with Gasteiger partial charge in [0, 0.05) is 0 Å². The maximum Gasteiger partial charge on any atom is -0.0149 e. The van der Waals surface area contributed by atoms with Crippen LogP contribution in [0.1, 0.15) is 85.5 Å². The molecule has 4 aliphatic carbocycles. The molecule has 8 atom stereocenters. The van der Waals surface area contributed by atoms with E-state index in [4.69, 9.17) is 0 Å². The maximum atomic E-state index is 2.67. The van der Waals surface area contributed by atoms with Gasteiger partial charge in [0.15, 0.2) is 0 Å². The van der Waals surface area contributed by atoms with Crippen LogP contribution < -0.4 is 0 Å². The van der Waals surface area contributed by atoms with Gasteiger partial charge in [0.1, 0.15) is 0 Å². The third-order valence-electron chi connectivity index (χ3n) is 9.22. The van der Waals surface area contributed by atoms with Crippen LogP contribution in [-0.2, 0) is 0 Å². The van der Waals surface area contributed by atoms with E-state index in [2.05, 4.69) is 33.8 Å². The Balaban J connectivity index is 1.56. The van der Waals surface area contributed by atoms with E-state index >= 15 is 0 Å². The molecule has 4 rings (SSSR count). The van der Waals surface area contributed by atoms with Crippen molar-refractivity contribution in [1.82, 2.24) is 0 Å². The second-order valence-electron chi connectivity index (χ2n) is 10.1. The molecule has 4 saturated carbocycles. The summed E-state index contributed by atoms with van der Waals surface area (Å²) in [6.45, 7) is 9.84. The normalized spacial score (nSPS) is 53.4. The summed E-state index contributed by atoms with van der Waals surface area (Å²) in [6.07, 6.45) is 16.3. The molecule has 23 heavy (non-hydrogen) atoms. The third-order valence-corrected chi connectivity index (χ3v) is 9.22. The van der Waals surface area contributed by atoms with Crippen molar-refractivity contribution in [2.75, 3.05) is 0 Å².